The second kappa shape index (κ2) is 10.6. The van der Waals surface area contributed by atoms with Gasteiger partial charge in [-0.2, -0.15) is 0 Å². The lowest BCUT2D eigenvalue weighted by atomic mass is 9.44. The summed E-state index contributed by atoms with van der Waals surface area (Å²) in [6.45, 7) is 7.23. The molecule has 5 nitrogen and oxygen atoms in total. The zero-order valence-corrected chi connectivity index (χ0v) is 23.0. The molecule has 36 heavy (non-hydrogen) atoms. The minimum atomic E-state index is -0.401. The van der Waals surface area contributed by atoms with Crippen molar-refractivity contribution in [3.05, 3.63) is 0 Å². The van der Waals surface area contributed by atoms with Crippen LogP contribution in [0.25, 0.3) is 0 Å². The van der Waals surface area contributed by atoms with Gasteiger partial charge >= 0.3 is 11.9 Å². The topological polar surface area (TPSA) is 72.8 Å². The molecule has 0 saturated heterocycles. The van der Waals surface area contributed by atoms with E-state index in [-0.39, 0.29) is 24.8 Å². The van der Waals surface area contributed by atoms with Crippen LogP contribution in [0.15, 0.2) is 0 Å². The molecule has 5 fully saturated rings. The summed E-state index contributed by atoms with van der Waals surface area (Å²) in [5, 5.41) is 10.3. The van der Waals surface area contributed by atoms with Gasteiger partial charge in [0.05, 0.1) is 6.10 Å². The third-order valence-electron chi connectivity index (χ3n) is 12.2. The first-order valence-corrected chi connectivity index (χ1v) is 15.2. The molecular formula is C31H50O5. The minimum Gasteiger partial charge on any atom is -0.460 e. The molecule has 0 aromatic rings. The quantitative estimate of drug-likeness (QED) is 0.405. The summed E-state index contributed by atoms with van der Waals surface area (Å²) in [6.07, 6.45) is 16.4. The maximum atomic E-state index is 12.4. The fourth-order valence-corrected chi connectivity index (χ4v) is 10.2. The minimum absolute atomic E-state index is 0.0183. The van der Waals surface area contributed by atoms with Crippen LogP contribution in [0.3, 0.4) is 0 Å². The van der Waals surface area contributed by atoms with Crippen molar-refractivity contribution in [1.29, 1.82) is 0 Å². The van der Waals surface area contributed by atoms with E-state index < -0.39 is 5.97 Å². The van der Waals surface area contributed by atoms with E-state index in [1.165, 1.54) is 44.9 Å². The monoisotopic (exact) mass is 502 g/mol. The molecule has 0 spiro atoms. The molecule has 204 valence electrons. The standard InChI is InChI=1S/C31H50O5/c1-20(8-13-28(33)35-19-29(34)36-23-6-4-5-7-23)25-11-12-26-24-10-9-21-18-22(32)14-16-30(21,2)27(24)15-17-31(25,26)3/h20-27,32H,4-19H2,1-3H3/t20-,21-,22-,24+,25-,26+,27+,30+,31-/m1/s1. The molecule has 0 aromatic carbocycles. The Morgan fingerprint density at radius 3 is 2.39 bits per heavy atom. The number of carbonyl (C=O) groups is 2. The molecule has 0 aromatic heterocycles. The summed E-state index contributed by atoms with van der Waals surface area (Å²) in [6, 6.07) is 0. The third-order valence-corrected chi connectivity index (χ3v) is 12.2. The number of hydrogen-bond donors (Lipinski definition) is 1. The maximum Gasteiger partial charge on any atom is 0.344 e. The van der Waals surface area contributed by atoms with E-state index in [1.54, 1.807) is 0 Å². The van der Waals surface area contributed by atoms with Crippen molar-refractivity contribution in [1.82, 2.24) is 0 Å². The van der Waals surface area contributed by atoms with Gasteiger partial charge in [0.1, 0.15) is 6.10 Å². The summed E-state index contributed by atoms with van der Waals surface area (Å²) >= 11 is 0. The fourth-order valence-electron chi connectivity index (χ4n) is 10.2. The van der Waals surface area contributed by atoms with Gasteiger partial charge in [-0.25, -0.2) is 4.79 Å². The van der Waals surface area contributed by atoms with Crippen LogP contribution in [-0.4, -0.2) is 35.9 Å². The highest BCUT2D eigenvalue weighted by Crippen LogP contribution is 2.68. The van der Waals surface area contributed by atoms with Crippen LogP contribution < -0.4 is 0 Å². The van der Waals surface area contributed by atoms with Crippen molar-refractivity contribution in [2.24, 2.45) is 46.3 Å². The molecule has 0 heterocycles. The Morgan fingerprint density at radius 1 is 0.889 bits per heavy atom. The molecule has 5 aliphatic carbocycles. The summed E-state index contributed by atoms with van der Waals surface area (Å²) in [5.74, 6) is 3.69. The highest BCUT2D eigenvalue weighted by molar-refractivity contribution is 5.76. The van der Waals surface area contributed by atoms with Gasteiger partial charge in [-0.15, -0.1) is 0 Å². The van der Waals surface area contributed by atoms with Crippen LogP contribution in [0.2, 0.25) is 0 Å². The van der Waals surface area contributed by atoms with Gasteiger partial charge < -0.3 is 14.6 Å². The molecule has 0 amide bonds. The van der Waals surface area contributed by atoms with Crippen LogP contribution >= 0.6 is 0 Å². The Hall–Kier alpha value is -1.10. The average molecular weight is 503 g/mol. The van der Waals surface area contributed by atoms with Gasteiger partial charge in [-0.05, 0) is 136 Å². The van der Waals surface area contributed by atoms with Crippen LogP contribution in [0.4, 0.5) is 0 Å². The van der Waals surface area contributed by atoms with Crippen LogP contribution in [0, 0.1) is 46.3 Å². The van der Waals surface area contributed by atoms with Gasteiger partial charge in [0.15, 0.2) is 6.61 Å². The summed E-state index contributed by atoms with van der Waals surface area (Å²) in [4.78, 5) is 24.4. The number of ether oxygens (including phenoxy) is 2. The number of carbonyl (C=O) groups excluding carboxylic acids is 2. The van der Waals surface area contributed by atoms with Gasteiger partial charge in [-0.3, -0.25) is 4.79 Å². The van der Waals surface area contributed by atoms with E-state index in [4.69, 9.17) is 9.47 Å². The predicted octanol–water partition coefficient (Wildman–Crippen LogP) is 6.45. The molecule has 0 radical (unpaired) electrons. The highest BCUT2D eigenvalue weighted by Gasteiger charge is 2.60. The Labute approximate surface area is 218 Å². The number of aliphatic hydroxyl groups excluding tert-OH is 1. The zero-order valence-electron chi connectivity index (χ0n) is 23.0. The van der Waals surface area contributed by atoms with Crippen molar-refractivity contribution in [2.45, 2.75) is 129 Å². The molecule has 1 N–H and O–H groups in total. The van der Waals surface area contributed by atoms with E-state index in [2.05, 4.69) is 20.8 Å². The van der Waals surface area contributed by atoms with Crippen molar-refractivity contribution in [2.75, 3.05) is 6.61 Å². The fraction of sp³-hybridized carbons (Fsp3) is 0.935. The molecule has 5 rings (SSSR count). The number of rotatable bonds is 7. The summed E-state index contributed by atoms with van der Waals surface area (Å²) < 4.78 is 10.7. The Balaban J connectivity index is 1.12. The van der Waals surface area contributed by atoms with Crippen LogP contribution in [0.1, 0.15) is 117 Å². The molecule has 5 saturated carbocycles. The van der Waals surface area contributed by atoms with E-state index in [0.717, 1.165) is 62.7 Å². The summed E-state index contributed by atoms with van der Waals surface area (Å²) in [7, 11) is 0. The molecule has 0 bridgehead atoms. The largest absolute Gasteiger partial charge is 0.460 e. The molecule has 5 aliphatic rings. The normalized spacial score (nSPS) is 43.2. The van der Waals surface area contributed by atoms with Crippen molar-refractivity contribution in [3.8, 4) is 0 Å². The van der Waals surface area contributed by atoms with Crippen molar-refractivity contribution in [3.63, 3.8) is 0 Å². The second-order valence-corrected chi connectivity index (χ2v) is 13.9. The summed E-state index contributed by atoms with van der Waals surface area (Å²) in [5.41, 5.74) is 0.808. The van der Waals surface area contributed by atoms with Gasteiger partial charge in [-0.1, -0.05) is 20.8 Å². The Kier molecular flexibility index (Phi) is 7.79. The van der Waals surface area contributed by atoms with Gasteiger partial charge in [0, 0.05) is 6.42 Å². The molecule has 9 atom stereocenters. The number of hydrogen-bond acceptors (Lipinski definition) is 5. The van der Waals surface area contributed by atoms with E-state index in [9.17, 15) is 14.7 Å². The van der Waals surface area contributed by atoms with Crippen LogP contribution in [-0.2, 0) is 19.1 Å². The van der Waals surface area contributed by atoms with E-state index in [1.807, 2.05) is 0 Å². The lowest BCUT2D eigenvalue weighted by molar-refractivity contribution is -0.162. The predicted molar refractivity (Wildman–Crippen MR) is 139 cm³/mol. The Morgan fingerprint density at radius 2 is 1.61 bits per heavy atom. The van der Waals surface area contributed by atoms with Gasteiger partial charge in [0.25, 0.3) is 0 Å². The smallest absolute Gasteiger partial charge is 0.344 e. The van der Waals surface area contributed by atoms with Crippen molar-refractivity contribution < 1.29 is 24.2 Å². The first-order chi connectivity index (χ1) is 17.2. The second-order valence-electron chi connectivity index (χ2n) is 13.9. The SMILES string of the molecule is C[C@H](CCC(=O)OCC(=O)OC1CCCC1)[C@H]1CC[C@H]2[C@@H]3CC[C@@H]4C[C@H](O)CC[C@]4(C)[C@H]3CC[C@]12C. The highest BCUT2D eigenvalue weighted by atomic mass is 16.6. The number of esters is 2. The lowest BCUT2D eigenvalue weighted by Gasteiger charge is -2.61. The molecular weight excluding hydrogens is 452 g/mol. The van der Waals surface area contributed by atoms with Crippen molar-refractivity contribution >= 4 is 11.9 Å². The number of fused-ring (bicyclic) bond motifs is 5. The maximum absolute atomic E-state index is 12.4. The lowest BCUT2D eigenvalue weighted by Crippen LogP contribution is -2.54. The molecule has 5 heteroatoms. The van der Waals surface area contributed by atoms with Gasteiger partial charge in [0.2, 0.25) is 0 Å². The third kappa shape index (κ3) is 4.99. The van der Waals surface area contributed by atoms with E-state index >= 15 is 0 Å². The first kappa shape index (κ1) is 26.5. The Bertz CT molecular complexity index is 805. The zero-order chi connectivity index (χ0) is 25.5. The van der Waals surface area contributed by atoms with Crippen LogP contribution in [0.5, 0.6) is 0 Å². The molecule has 0 unspecified atom stereocenters. The number of aliphatic hydroxyl groups is 1. The average Bonchev–Trinajstić information content (AvgIpc) is 3.48. The first-order valence-electron chi connectivity index (χ1n) is 15.2. The van der Waals surface area contributed by atoms with E-state index in [0.29, 0.717) is 35.0 Å². The molecule has 0 aliphatic heterocycles.